The van der Waals surface area contributed by atoms with Crippen LogP contribution in [0.15, 0.2) is 109 Å². The highest BCUT2D eigenvalue weighted by molar-refractivity contribution is 5.95. The number of likely N-dealkylation sites (tertiary alicyclic amines) is 2. The fraction of sp³-hybridized carbons (Fsp3) is 0.340. The number of nitriles is 1. The highest BCUT2D eigenvalue weighted by atomic mass is 16.5. The second kappa shape index (κ2) is 18.3. The van der Waals surface area contributed by atoms with Crippen molar-refractivity contribution in [3.63, 3.8) is 0 Å². The summed E-state index contributed by atoms with van der Waals surface area (Å²) in [4.78, 5) is 30.2. The predicted molar refractivity (Wildman–Crippen MR) is 251 cm³/mol. The maximum atomic E-state index is 13.2. The Kier molecular flexibility index (Phi) is 12.5. The lowest BCUT2D eigenvalue weighted by Gasteiger charge is -2.45. The number of aryl methyl sites for hydroxylation is 2. The normalized spacial score (nSPS) is 15.9. The van der Waals surface area contributed by atoms with Gasteiger partial charge in [0.05, 0.1) is 48.6 Å². The van der Waals surface area contributed by atoms with E-state index in [1.165, 1.54) is 0 Å². The number of amides is 2. The molecule has 12 nitrogen and oxygen atoms in total. The van der Waals surface area contributed by atoms with Crippen molar-refractivity contribution in [3.05, 3.63) is 154 Å². The Morgan fingerprint density at radius 2 is 1.12 bits per heavy atom. The van der Waals surface area contributed by atoms with E-state index in [-0.39, 0.29) is 19.2 Å². The summed E-state index contributed by atoms with van der Waals surface area (Å²) in [5, 5.41) is 9.31. The van der Waals surface area contributed by atoms with Gasteiger partial charge < -0.3 is 43.6 Å². The van der Waals surface area contributed by atoms with Crippen LogP contribution in [0.3, 0.4) is 0 Å². The maximum absolute atomic E-state index is 13.2. The van der Waals surface area contributed by atoms with E-state index >= 15 is 0 Å². The fourth-order valence-electron chi connectivity index (χ4n) is 9.84. The highest BCUT2D eigenvalue weighted by Crippen LogP contribution is 2.47. The number of nitrogens with zero attached hydrogens (tertiary/aromatic N) is 5. The number of carbonyl (C=O) groups excluding carboxylic acids is 2. The van der Waals surface area contributed by atoms with Crippen LogP contribution >= 0.6 is 0 Å². The zero-order valence-corrected chi connectivity index (χ0v) is 36.9. The van der Waals surface area contributed by atoms with Gasteiger partial charge in [-0.15, -0.1) is 0 Å². The summed E-state index contributed by atoms with van der Waals surface area (Å²) in [6.07, 6.45) is 8.68. The SMILES string of the molecule is C.CCc1ccc(C(=O)N2CCC3(CC2)Oc2cc(C#N)ccc2-n2cccc23)cc1OC.CCc1ccc(C(=O)N2CCC3(CC2)Oc2cc(CN)ccc2-n2cccc23)cc1OC. The molecule has 4 aromatic carbocycles. The Morgan fingerprint density at radius 3 is 1.55 bits per heavy atom. The van der Waals surface area contributed by atoms with Gasteiger partial charge in [-0.2, -0.15) is 5.26 Å². The number of hydrogen-bond donors (Lipinski definition) is 1. The summed E-state index contributed by atoms with van der Waals surface area (Å²) in [6, 6.07) is 33.6. The van der Waals surface area contributed by atoms with Gasteiger partial charge in [-0.05, 0) is 102 Å². The van der Waals surface area contributed by atoms with Crippen LogP contribution in [0.4, 0.5) is 0 Å². The number of ether oxygens (including phenoxy) is 4. The van der Waals surface area contributed by atoms with Gasteiger partial charge in [0.25, 0.3) is 11.8 Å². The molecule has 2 N–H and O–H groups in total. The Labute approximate surface area is 381 Å². The van der Waals surface area contributed by atoms with E-state index in [1.54, 1.807) is 20.3 Å². The van der Waals surface area contributed by atoms with E-state index in [0.717, 1.165) is 82.4 Å². The van der Waals surface area contributed by atoms with Crippen molar-refractivity contribution < 1.29 is 28.5 Å². The molecule has 12 heteroatoms. The average molecular weight is 875 g/mol. The molecule has 10 rings (SSSR count). The van der Waals surface area contributed by atoms with E-state index in [4.69, 9.17) is 24.7 Å². The third kappa shape index (κ3) is 7.99. The molecule has 65 heavy (non-hydrogen) atoms. The number of fused-ring (bicyclic) bond motifs is 8. The Hall–Kier alpha value is -6.97. The lowest BCUT2D eigenvalue weighted by molar-refractivity contribution is -0.00981. The molecule has 0 saturated carbocycles. The Balaban J connectivity index is 0.000000175. The van der Waals surface area contributed by atoms with Crippen molar-refractivity contribution in [1.29, 1.82) is 5.26 Å². The summed E-state index contributed by atoms with van der Waals surface area (Å²) in [6.45, 7) is 7.08. The molecule has 6 aromatic rings. The number of nitrogens with two attached hydrogens (primary N) is 1. The molecular formula is C53H58N6O6. The van der Waals surface area contributed by atoms with Gasteiger partial charge >= 0.3 is 0 Å². The highest BCUT2D eigenvalue weighted by Gasteiger charge is 2.46. The third-order valence-electron chi connectivity index (χ3n) is 13.5. The van der Waals surface area contributed by atoms with Crippen LogP contribution in [0, 0.1) is 11.3 Å². The van der Waals surface area contributed by atoms with Crippen LogP contribution < -0.4 is 24.7 Å². The fourth-order valence-corrected chi connectivity index (χ4v) is 9.84. The molecule has 4 aliphatic heterocycles. The van der Waals surface area contributed by atoms with Crippen molar-refractivity contribution in [2.45, 2.75) is 77.5 Å². The molecule has 2 amide bonds. The van der Waals surface area contributed by atoms with Gasteiger partial charge in [-0.1, -0.05) is 39.5 Å². The smallest absolute Gasteiger partial charge is 0.253 e. The Bertz CT molecular complexity index is 2760. The molecule has 336 valence electrons. The number of aromatic nitrogens is 2. The van der Waals surface area contributed by atoms with Crippen LogP contribution in [0.5, 0.6) is 23.0 Å². The van der Waals surface area contributed by atoms with Crippen LogP contribution in [-0.4, -0.2) is 71.1 Å². The predicted octanol–water partition coefficient (Wildman–Crippen LogP) is 9.11. The van der Waals surface area contributed by atoms with Gasteiger partial charge in [-0.3, -0.25) is 9.59 Å². The second-order valence-corrected chi connectivity index (χ2v) is 16.9. The molecule has 0 unspecified atom stereocenters. The zero-order chi connectivity index (χ0) is 44.6. The van der Waals surface area contributed by atoms with Gasteiger partial charge in [0.15, 0.2) is 11.2 Å². The van der Waals surface area contributed by atoms with E-state index < -0.39 is 11.2 Å². The van der Waals surface area contributed by atoms with Crippen LogP contribution in [0.2, 0.25) is 0 Å². The largest absolute Gasteiger partial charge is 0.496 e. The average Bonchev–Trinajstić information content (AvgIpc) is 4.07. The number of piperidine rings is 2. The molecule has 0 atom stereocenters. The summed E-state index contributed by atoms with van der Waals surface area (Å²) < 4.78 is 28.5. The second-order valence-electron chi connectivity index (χ2n) is 16.9. The number of methoxy groups -OCH3 is 2. The van der Waals surface area contributed by atoms with E-state index in [0.29, 0.717) is 68.0 Å². The number of carbonyl (C=O) groups is 2. The minimum absolute atomic E-state index is 0. The summed E-state index contributed by atoms with van der Waals surface area (Å²) in [7, 11) is 3.29. The molecule has 2 fully saturated rings. The van der Waals surface area contributed by atoms with Crippen molar-refractivity contribution in [1.82, 2.24) is 18.9 Å². The van der Waals surface area contributed by atoms with Crippen LogP contribution in [0.1, 0.15) is 101 Å². The zero-order valence-electron chi connectivity index (χ0n) is 36.9. The number of rotatable bonds is 7. The van der Waals surface area contributed by atoms with Crippen molar-refractivity contribution in [2.24, 2.45) is 5.73 Å². The van der Waals surface area contributed by atoms with Gasteiger partial charge in [-0.25, -0.2) is 0 Å². The van der Waals surface area contributed by atoms with Crippen molar-refractivity contribution in [2.75, 3.05) is 40.4 Å². The first-order valence-corrected chi connectivity index (χ1v) is 22.2. The van der Waals surface area contributed by atoms with Gasteiger partial charge in [0.1, 0.15) is 23.0 Å². The molecule has 2 aromatic heterocycles. The summed E-state index contributed by atoms with van der Waals surface area (Å²) in [5.41, 5.74) is 14.3. The first-order valence-electron chi connectivity index (χ1n) is 22.2. The lowest BCUT2D eigenvalue weighted by Crippen LogP contribution is -2.50. The Morgan fingerprint density at radius 1 is 0.662 bits per heavy atom. The number of hydrogen-bond acceptors (Lipinski definition) is 8. The van der Waals surface area contributed by atoms with E-state index in [2.05, 4.69) is 59.5 Å². The van der Waals surface area contributed by atoms with E-state index in [1.807, 2.05) is 82.7 Å². The summed E-state index contributed by atoms with van der Waals surface area (Å²) in [5.74, 6) is 3.15. The first-order chi connectivity index (χ1) is 31.2. The van der Waals surface area contributed by atoms with Gasteiger partial charge in [0, 0.05) is 88.0 Å². The van der Waals surface area contributed by atoms with Crippen molar-refractivity contribution in [3.8, 4) is 40.4 Å². The molecule has 2 saturated heterocycles. The topological polar surface area (TPSA) is 137 Å². The van der Waals surface area contributed by atoms with Gasteiger partial charge in [0.2, 0.25) is 0 Å². The minimum atomic E-state index is -0.509. The van der Waals surface area contributed by atoms with Crippen molar-refractivity contribution >= 4 is 11.8 Å². The quantitative estimate of drug-likeness (QED) is 0.168. The molecule has 6 heterocycles. The van der Waals surface area contributed by atoms with Crippen LogP contribution in [0.25, 0.3) is 11.4 Å². The maximum Gasteiger partial charge on any atom is 0.253 e. The molecule has 0 bridgehead atoms. The van der Waals surface area contributed by atoms with Crippen LogP contribution in [-0.2, 0) is 30.6 Å². The standard InChI is InChI=1S/C26H29N3O3.C26H25N3O3.CH4/c2*1-3-19-7-8-20(16-22(19)31-2)25(30)28-13-10-26(11-14-28)24-5-4-12-29(24)21-9-6-18(17-27)15-23(21)32-26;/h4-9,12,15-16H,3,10-11,13-14,17,27H2,1-2H3;4-9,12,15-16H,3,10-11,13-14H2,1-2H3;1H4. The minimum Gasteiger partial charge on any atom is -0.496 e. The molecular weight excluding hydrogens is 817 g/mol. The lowest BCUT2D eigenvalue weighted by atomic mass is 9.86. The first kappa shape index (κ1) is 44.6. The molecule has 0 aliphatic carbocycles. The number of benzene rings is 4. The molecule has 0 radical (unpaired) electrons. The molecule has 2 spiro atoms. The summed E-state index contributed by atoms with van der Waals surface area (Å²) >= 11 is 0. The third-order valence-corrected chi connectivity index (χ3v) is 13.5. The monoisotopic (exact) mass is 874 g/mol. The van der Waals surface area contributed by atoms with E-state index in [9.17, 15) is 14.9 Å². The molecule has 4 aliphatic rings.